The summed E-state index contributed by atoms with van der Waals surface area (Å²) in [6.07, 6.45) is 7.51. The minimum absolute atomic E-state index is 0.0139. The molecule has 1 fully saturated rings. The van der Waals surface area contributed by atoms with E-state index in [0.29, 0.717) is 5.92 Å². The Morgan fingerprint density at radius 1 is 1.60 bits per heavy atom. The van der Waals surface area contributed by atoms with Gasteiger partial charge in [-0.1, -0.05) is 6.08 Å². The Balaban J connectivity index is 1.95. The minimum Gasteiger partial charge on any atom is -0.393 e. The van der Waals surface area contributed by atoms with E-state index < -0.39 is 0 Å². The topological polar surface area (TPSA) is 20.2 Å². The van der Waals surface area contributed by atoms with Crippen LogP contribution in [-0.2, 0) is 0 Å². The van der Waals surface area contributed by atoms with E-state index >= 15 is 0 Å². The van der Waals surface area contributed by atoms with Gasteiger partial charge in [-0.3, -0.25) is 0 Å². The van der Waals surface area contributed by atoms with Crippen LogP contribution in [0.25, 0.3) is 0 Å². The molecule has 0 aromatic rings. The van der Waals surface area contributed by atoms with Crippen molar-refractivity contribution in [1.29, 1.82) is 0 Å². The molecule has 1 rings (SSSR count). The highest BCUT2D eigenvalue weighted by Crippen LogP contribution is 2.34. The van der Waals surface area contributed by atoms with Gasteiger partial charge in [0.25, 0.3) is 0 Å². The third-order valence-corrected chi connectivity index (χ3v) is 2.07. The average Bonchev–Trinajstić information content (AvgIpc) is 2.69. The Bertz CT molecular complexity index is 105. The molecule has 0 radical (unpaired) electrons. The Morgan fingerprint density at radius 2 is 2.30 bits per heavy atom. The molecule has 0 aliphatic heterocycles. The molecule has 0 amide bonds. The predicted octanol–water partition coefficient (Wildman–Crippen LogP) is 2.11. The van der Waals surface area contributed by atoms with Crippen LogP contribution in [0.15, 0.2) is 12.7 Å². The summed E-state index contributed by atoms with van der Waals surface area (Å²) in [4.78, 5) is 0. The molecule has 1 aliphatic rings. The fraction of sp³-hybridized carbons (Fsp3) is 0.778. The lowest BCUT2D eigenvalue weighted by Gasteiger charge is -2.06. The van der Waals surface area contributed by atoms with Crippen molar-refractivity contribution in [3.05, 3.63) is 12.7 Å². The molecular formula is C9H16O. The van der Waals surface area contributed by atoms with Crippen molar-refractivity contribution in [3.63, 3.8) is 0 Å². The predicted molar refractivity (Wildman–Crippen MR) is 42.8 cm³/mol. The second-order valence-corrected chi connectivity index (χ2v) is 3.12. The van der Waals surface area contributed by atoms with Crippen LogP contribution in [0, 0.1) is 5.92 Å². The zero-order valence-electron chi connectivity index (χ0n) is 6.42. The molecule has 0 spiro atoms. The van der Waals surface area contributed by atoms with E-state index in [1.165, 1.54) is 12.8 Å². The first-order valence-electron chi connectivity index (χ1n) is 4.13. The first-order chi connectivity index (χ1) is 4.84. The van der Waals surface area contributed by atoms with Crippen LogP contribution in [0.2, 0.25) is 0 Å². The first-order valence-corrected chi connectivity index (χ1v) is 4.13. The van der Waals surface area contributed by atoms with Crippen molar-refractivity contribution in [1.82, 2.24) is 0 Å². The third-order valence-electron chi connectivity index (χ3n) is 2.07. The standard InChI is InChI=1S/C9H16O/c1-2-3-4-5-9(10)8-6-7-8/h2,8-10H,1,3-7H2. The smallest absolute Gasteiger partial charge is 0.0568 e. The monoisotopic (exact) mass is 140 g/mol. The van der Waals surface area contributed by atoms with Gasteiger partial charge in [0.15, 0.2) is 0 Å². The summed E-state index contributed by atoms with van der Waals surface area (Å²) in [5.41, 5.74) is 0. The first kappa shape index (κ1) is 7.80. The maximum Gasteiger partial charge on any atom is 0.0568 e. The van der Waals surface area contributed by atoms with Gasteiger partial charge >= 0.3 is 0 Å². The molecule has 1 atom stereocenters. The van der Waals surface area contributed by atoms with Gasteiger partial charge in [0.1, 0.15) is 0 Å². The number of allylic oxidation sites excluding steroid dienone is 1. The Labute approximate surface area is 62.8 Å². The molecule has 0 bridgehead atoms. The number of hydrogen-bond donors (Lipinski definition) is 1. The summed E-state index contributed by atoms with van der Waals surface area (Å²) in [7, 11) is 0. The largest absolute Gasteiger partial charge is 0.393 e. The molecule has 0 aromatic carbocycles. The van der Waals surface area contributed by atoms with E-state index in [1.807, 2.05) is 6.08 Å². The zero-order valence-corrected chi connectivity index (χ0v) is 6.42. The van der Waals surface area contributed by atoms with Crippen molar-refractivity contribution < 1.29 is 5.11 Å². The second-order valence-electron chi connectivity index (χ2n) is 3.12. The van der Waals surface area contributed by atoms with Crippen molar-refractivity contribution in [2.45, 2.75) is 38.2 Å². The summed E-state index contributed by atoms with van der Waals surface area (Å²) >= 11 is 0. The number of rotatable bonds is 5. The molecule has 1 aliphatic carbocycles. The van der Waals surface area contributed by atoms with Crippen molar-refractivity contribution in [2.75, 3.05) is 0 Å². The third kappa shape index (κ3) is 2.53. The minimum atomic E-state index is -0.0139. The second kappa shape index (κ2) is 3.77. The highest BCUT2D eigenvalue weighted by Gasteiger charge is 2.28. The lowest BCUT2D eigenvalue weighted by atomic mass is 10.1. The number of hydrogen-bond acceptors (Lipinski definition) is 1. The van der Waals surface area contributed by atoms with Crippen LogP contribution >= 0.6 is 0 Å². The van der Waals surface area contributed by atoms with E-state index in [2.05, 4.69) is 6.58 Å². The summed E-state index contributed by atoms with van der Waals surface area (Å²) in [5, 5.41) is 9.38. The molecule has 1 saturated carbocycles. The van der Waals surface area contributed by atoms with Gasteiger partial charge in [-0.05, 0) is 38.0 Å². The SMILES string of the molecule is C=CCCCC(O)C1CC1. The molecular weight excluding hydrogens is 124 g/mol. The molecule has 1 heteroatoms. The summed E-state index contributed by atoms with van der Waals surface area (Å²) in [6, 6.07) is 0. The highest BCUT2D eigenvalue weighted by molar-refractivity contribution is 4.81. The van der Waals surface area contributed by atoms with Crippen LogP contribution < -0.4 is 0 Å². The van der Waals surface area contributed by atoms with Crippen LogP contribution in [0.5, 0.6) is 0 Å². The molecule has 0 aromatic heterocycles. The summed E-state index contributed by atoms with van der Waals surface area (Å²) in [5.74, 6) is 0.643. The van der Waals surface area contributed by atoms with Crippen molar-refractivity contribution in [3.8, 4) is 0 Å². The number of aliphatic hydroxyl groups is 1. The fourth-order valence-electron chi connectivity index (χ4n) is 1.19. The van der Waals surface area contributed by atoms with Crippen LogP contribution in [0.4, 0.5) is 0 Å². The lowest BCUT2D eigenvalue weighted by molar-refractivity contribution is 0.139. The summed E-state index contributed by atoms with van der Waals surface area (Å²) < 4.78 is 0. The van der Waals surface area contributed by atoms with E-state index in [0.717, 1.165) is 19.3 Å². The van der Waals surface area contributed by atoms with E-state index in [-0.39, 0.29) is 6.10 Å². The maximum absolute atomic E-state index is 9.38. The Morgan fingerprint density at radius 3 is 2.80 bits per heavy atom. The van der Waals surface area contributed by atoms with Gasteiger partial charge in [-0.25, -0.2) is 0 Å². The highest BCUT2D eigenvalue weighted by atomic mass is 16.3. The molecule has 0 heterocycles. The quantitative estimate of drug-likeness (QED) is 0.458. The van der Waals surface area contributed by atoms with Gasteiger partial charge < -0.3 is 5.11 Å². The Hall–Kier alpha value is -0.300. The van der Waals surface area contributed by atoms with Gasteiger partial charge in [-0.2, -0.15) is 0 Å². The van der Waals surface area contributed by atoms with Gasteiger partial charge in [0, 0.05) is 0 Å². The van der Waals surface area contributed by atoms with Crippen LogP contribution in [-0.4, -0.2) is 11.2 Å². The number of aliphatic hydroxyl groups excluding tert-OH is 1. The van der Waals surface area contributed by atoms with Crippen LogP contribution in [0.1, 0.15) is 32.1 Å². The molecule has 1 N–H and O–H groups in total. The number of unbranched alkanes of at least 4 members (excludes halogenated alkanes) is 1. The van der Waals surface area contributed by atoms with Crippen molar-refractivity contribution >= 4 is 0 Å². The normalized spacial score (nSPS) is 20.5. The molecule has 10 heavy (non-hydrogen) atoms. The van der Waals surface area contributed by atoms with Gasteiger partial charge in [0.05, 0.1) is 6.10 Å². The molecule has 0 saturated heterocycles. The van der Waals surface area contributed by atoms with E-state index in [9.17, 15) is 5.11 Å². The van der Waals surface area contributed by atoms with Gasteiger partial charge in [0.2, 0.25) is 0 Å². The summed E-state index contributed by atoms with van der Waals surface area (Å²) in [6.45, 7) is 3.64. The Kier molecular flexibility index (Phi) is 2.94. The maximum atomic E-state index is 9.38. The van der Waals surface area contributed by atoms with Gasteiger partial charge in [-0.15, -0.1) is 6.58 Å². The fourth-order valence-corrected chi connectivity index (χ4v) is 1.19. The molecule has 1 unspecified atom stereocenters. The molecule has 1 nitrogen and oxygen atoms in total. The van der Waals surface area contributed by atoms with E-state index in [4.69, 9.17) is 0 Å². The molecule has 58 valence electrons. The average molecular weight is 140 g/mol. The zero-order chi connectivity index (χ0) is 7.40. The van der Waals surface area contributed by atoms with Crippen LogP contribution in [0.3, 0.4) is 0 Å². The van der Waals surface area contributed by atoms with Crippen molar-refractivity contribution in [2.24, 2.45) is 5.92 Å². The lowest BCUT2D eigenvalue weighted by Crippen LogP contribution is -2.07. The van der Waals surface area contributed by atoms with E-state index in [1.54, 1.807) is 0 Å².